The number of para-hydroxylation sites is 2. The zero-order chi connectivity index (χ0) is 18.2. The number of rotatable bonds is 8. The van der Waals surface area contributed by atoms with Gasteiger partial charge in [0.1, 0.15) is 12.7 Å². The number of fused-ring (bicyclic) bond motifs is 1. The zero-order valence-electron chi connectivity index (χ0n) is 15.2. The summed E-state index contributed by atoms with van der Waals surface area (Å²) < 4.78 is 11.4. The number of hydrogen-bond acceptors (Lipinski definition) is 5. The molecule has 2 amide bonds. The fourth-order valence-corrected chi connectivity index (χ4v) is 2.66. The van der Waals surface area contributed by atoms with Gasteiger partial charge in [0.05, 0.1) is 19.6 Å². The van der Waals surface area contributed by atoms with Crippen molar-refractivity contribution in [2.45, 2.75) is 20.0 Å². The number of carbonyl (C=O) groups excluding carboxylic acids is 2. The lowest BCUT2D eigenvalue weighted by atomic mass is 10.2. The summed E-state index contributed by atoms with van der Waals surface area (Å²) in [6.07, 6.45) is -0.221. The van der Waals surface area contributed by atoms with Crippen LogP contribution in [-0.4, -0.2) is 74.1 Å². The second-order valence-electron chi connectivity index (χ2n) is 6.04. The van der Waals surface area contributed by atoms with Crippen LogP contribution >= 0.6 is 0 Å². The number of carbonyl (C=O) groups is 2. The van der Waals surface area contributed by atoms with Crippen LogP contribution in [0.25, 0.3) is 0 Å². The highest BCUT2D eigenvalue weighted by molar-refractivity contribution is 5.81. The zero-order valence-corrected chi connectivity index (χ0v) is 15.2. The Bertz CT molecular complexity index is 589. The molecule has 0 fully saturated rings. The monoisotopic (exact) mass is 349 g/mol. The minimum absolute atomic E-state index is 0.0286. The second kappa shape index (κ2) is 9.27. The molecule has 2 rings (SSSR count). The van der Waals surface area contributed by atoms with E-state index in [1.165, 1.54) is 0 Å². The second-order valence-corrected chi connectivity index (χ2v) is 6.04. The molecule has 138 valence electrons. The molecule has 1 heterocycles. The third-order valence-electron chi connectivity index (χ3n) is 4.03. The number of amides is 2. The van der Waals surface area contributed by atoms with E-state index in [4.69, 9.17) is 9.47 Å². The highest BCUT2D eigenvalue weighted by Crippen LogP contribution is 2.30. The first-order chi connectivity index (χ1) is 12.0. The Hall–Kier alpha value is -2.28. The topological polar surface area (TPSA) is 71.1 Å². The highest BCUT2D eigenvalue weighted by atomic mass is 16.6. The van der Waals surface area contributed by atoms with Crippen molar-refractivity contribution in [3.05, 3.63) is 24.3 Å². The molecule has 0 aliphatic carbocycles. The molecule has 1 atom stereocenters. The minimum atomic E-state index is -0.221. The Morgan fingerprint density at radius 2 is 1.84 bits per heavy atom. The molecule has 1 aromatic carbocycles. The Morgan fingerprint density at radius 3 is 2.52 bits per heavy atom. The fraction of sp³-hybridized carbons (Fsp3) is 0.556. The molecule has 0 bridgehead atoms. The molecule has 0 saturated heterocycles. The largest absolute Gasteiger partial charge is 0.486 e. The minimum Gasteiger partial charge on any atom is -0.486 e. The molecule has 0 spiro atoms. The van der Waals surface area contributed by atoms with Crippen molar-refractivity contribution >= 4 is 11.8 Å². The first-order valence-electron chi connectivity index (χ1n) is 8.65. The van der Waals surface area contributed by atoms with Gasteiger partial charge in [-0.2, -0.15) is 0 Å². The first kappa shape index (κ1) is 19.1. The summed E-state index contributed by atoms with van der Waals surface area (Å²) >= 11 is 0. The lowest BCUT2D eigenvalue weighted by Crippen LogP contribution is -2.45. The van der Waals surface area contributed by atoms with Gasteiger partial charge in [-0.1, -0.05) is 12.1 Å². The van der Waals surface area contributed by atoms with Gasteiger partial charge >= 0.3 is 0 Å². The molecular formula is C18H27N3O4. The van der Waals surface area contributed by atoms with Crippen LogP contribution in [0.4, 0.5) is 0 Å². The summed E-state index contributed by atoms with van der Waals surface area (Å²) in [5.74, 6) is 1.30. The summed E-state index contributed by atoms with van der Waals surface area (Å²) in [7, 11) is 1.76. The van der Waals surface area contributed by atoms with Crippen molar-refractivity contribution in [2.24, 2.45) is 0 Å². The molecule has 1 aliphatic rings. The van der Waals surface area contributed by atoms with Gasteiger partial charge in [0.15, 0.2) is 11.5 Å². The van der Waals surface area contributed by atoms with E-state index in [1.54, 1.807) is 16.8 Å². The summed E-state index contributed by atoms with van der Waals surface area (Å²) in [4.78, 5) is 27.6. The lowest BCUT2D eigenvalue weighted by Gasteiger charge is -2.27. The van der Waals surface area contributed by atoms with E-state index in [9.17, 15) is 9.59 Å². The van der Waals surface area contributed by atoms with Crippen molar-refractivity contribution in [3.8, 4) is 11.5 Å². The van der Waals surface area contributed by atoms with Crippen LogP contribution in [0, 0.1) is 0 Å². The van der Waals surface area contributed by atoms with Crippen molar-refractivity contribution < 1.29 is 19.1 Å². The smallest absolute Gasteiger partial charge is 0.236 e. The van der Waals surface area contributed by atoms with Crippen LogP contribution in [0.5, 0.6) is 11.5 Å². The highest BCUT2D eigenvalue weighted by Gasteiger charge is 2.21. The van der Waals surface area contributed by atoms with Crippen LogP contribution in [0.15, 0.2) is 24.3 Å². The van der Waals surface area contributed by atoms with Gasteiger partial charge in [0.25, 0.3) is 0 Å². The van der Waals surface area contributed by atoms with Crippen LogP contribution in [-0.2, 0) is 9.59 Å². The third kappa shape index (κ3) is 5.63. The van der Waals surface area contributed by atoms with Crippen molar-refractivity contribution in [1.82, 2.24) is 15.1 Å². The molecule has 1 aromatic rings. The number of ether oxygens (including phenoxy) is 2. The Labute approximate surface area is 148 Å². The van der Waals surface area contributed by atoms with Crippen LogP contribution in [0.1, 0.15) is 13.8 Å². The number of hydrogen-bond donors (Lipinski definition) is 1. The molecule has 25 heavy (non-hydrogen) atoms. The van der Waals surface area contributed by atoms with Crippen molar-refractivity contribution in [2.75, 3.05) is 46.4 Å². The average Bonchev–Trinajstić information content (AvgIpc) is 2.60. The molecule has 0 radical (unpaired) electrons. The Kier molecular flexibility index (Phi) is 7.06. The van der Waals surface area contributed by atoms with E-state index in [0.717, 1.165) is 5.75 Å². The molecule has 0 saturated carbocycles. The van der Waals surface area contributed by atoms with Gasteiger partial charge in [-0.15, -0.1) is 0 Å². The standard InChI is InChI=1S/C18H27N3O4/c1-4-21(5-2)18(23)12-20(3)11-17(22)19-10-14-13-24-15-8-6-7-9-16(15)25-14/h6-9,14H,4-5,10-13H2,1-3H3,(H,19,22). The van der Waals surface area contributed by atoms with E-state index in [0.29, 0.717) is 32.0 Å². The molecule has 0 aromatic heterocycles. The van der Waals surface area contributed by atoms with Crippen LogP contribution < -0.4 is 14.8 Å². The number of likely N-dealkylation sites (N-methyl/N-ethyl adjacent to an activating group) is 2. The quantitative estimate of drug-likeness (QED) is 0.750. The van der Waals surface area contributed by atoms with Gasteiger partial charge in [0, 0.05) is 13.1 Å². The average molecular weight is 349 g/mol. The maximum atomic E-state index is 12.1. The maximum Gasteiger partial charge on any atom is 0.236 e. The SMILES string of the molecule is CCN(CC)C(=O)CN(C)CC(=O)NCC1COc2ccccc2O1. The summed E-state index contributed by atoms with van der Waals surface area (Å²) in [6, 6.07) is 7.46. The first-order valence-corrected chi connectivity index (χ1v) is 8.65. The predicted octanol–water partition coefficient (Wildman–Crippen LogP) is 0.743. The van der Waals surface area contributed by atoms with Crippen molar-refractivity contribution in [1.29, 1.82) is 0 Å². The lowest BCUT2D eigenvalue weighted by molar-refractivity contribution is -0.132. The maximum absolute atomic E-state index is 12.1. The van der Waals surface area contributed by atoms with Gasteiger partial charge in [-0.25, -0.2) is 0 Å². The van der Waals surface area contributed by atoms with Crippen LogP contribution in [0.2, 0.25) is 0 Å². The van der Waals surface area contributed by atoms with Gasteiger partial charge in [-0.3, -0.25) is 14.5 Å². The van der Waals surface area contributed by atoms with E-state index in [-0.39, 0.29) is 31.0 Å². The van der Waals surface area contributed by atoms with Crippen molar-refractivity contribution in [3.63, 3.8) is 0 Å². The molecule has 7 nitrogen and oxygen atoms in total. The van der Waals surface area contributed by atoms with E-state index in [1.807, 2.05) is 38.1 Å². The summed E-state index contributed by atoms with van der Waals surface area (Å²) in [5, 5.41) is 2.83. The van der Waals surface area contributed by atoms with Gasteiger partial charge in [-0.05, 0) is 33.0 Å². The van der Waals surface area contributed by atoms with Gasteiger partial charge < -0.3 is 19.7 Å². The van der Waals surface area contributed by atoms with E-state index < -0.39 is 0 Å². The molecule has 1 N–H and O–H groups in total. The normalized spacial score (nSPS) is 15.8. The Morgan fingerprint density at radius 1 is 1.16 bits per heavy atom. The van der Waals surface area contributed by atoms with Crippen LogP contribution in [0.3, 0.4) is 0 Å². The molecule has 1 unspecified atom stereocenters. The fourth-order valence-electron chi connectivity index (χ4n) is 2.66. The molecule has 7 heteroatoms. The summed E-state index contributed by atoms with van der Waals surface area (Å²) in [5.41, 5.74) is 0. The number of nitrogens with one attached hydrogen (secondary N) is 1. The Balaban J connectivity index is 1.71. The summed E-state index contributed by atoms with van der Waals surface area (Å²) in [6.45, 7) is 6.39. The van der Waals surface area contributed by atoms with E-state index in [2.05, 4.69) is 5.32 Å². The molecular weight excluding hydrogens is 322 g/mol. The van der Waals surface area contributed by atoms with Gasteiger partial charge in [0.2, 0.25) is 11.8 Å². The van der Waals surface area contributed by atoms with E-state index >= 15 is 0 Å². The number of nitrogens with zero attached hydrogens (tertiary/aromatic N) is 2. The number of benzene rings is 1. The molecule has 1 aliphatic heterocycles. The third-order valence-corrected chi connectivity index (χ3v) is 4.03. The predicted molar refractivity (Wildman–Crippen MR) is 94.8 cm³/mol.